The van der Waals surface area contributed by atoms with Crippen LogP contribution < -0.4 is 0 Å². The van der Waals surface area contributed by atoms with E-state index < -0.39 is 0 Å². The second-order valence-electron chi connectivity index (χ2n) is 8.12. The zero-order valence-corrected chi connectivity index (χ0v) is 16.3. The molecule has 2 fully saturated rings. The molecular weight excluding hydrogens is 342 g/mol. The van der Waals surface area contributed by atoms with Crippen LogP contribution in [-0.2, 0) is 12.0 Å². The Morgan fingerprint density at radius 1 is 1.19 bits per heavy atom. The molecule has 0 aromatic heterocycles. The number of nitrogens with zero attached hydrogens (tertiary/aromatic N) is 1. The molecule has 26 heavy (non-hydrogen) atoms. The lowest BCUT2D eigenvalue weighted by Gasteiger charge is -2.49. The van der Waals surface area contributed by atoms with Crippen molar-refractivity contribution in [2.45, 2.75) is 57.0 Å². The summed E-state index contributed by atoms with van der Waals surface area (Å²) < 4.78 is 0. The molecule has 4 rings (SSSR count). The van der Waals surface area contributed by atoms with Gasteiger partial charge in [0.15, 0.2) is 0 Å². The summed E-state index contributed by atoms with van der Waals surface area (Å²) in [6.07, 6.45) is 6.19. The maximum atomic E-state index is 10.0. The zero-order valence-electron chi connectivity index (χ0n) is 15.5. The Kier molecular flexibility index (Phi) is 4.98. The molecule has 3 unspecified atom stereocenters. The Hall–Kier alpha value is -1.51. The maximum Gasteiger partial charge on any atom is 0.115 e. The molecule has 1 saturated heterocycles. The summed E-state index contributed by atoms with van der Waals surface area (Å²) >= 11 is 6.20. The molecular formula is C23H28ClNO. The van der Waals surface area contributed by atoms with Crippen LogP contribution in [0.5, 0.6) is 5.75 Å². The molecule has 1 N–H and O–H groups in total. The third-order valence-electron chi connectivity index (χ3n) is 6.70. The second-order valence-corrected chi connectivity index (χ2v) is 8.56. The van der Waals surface area contributed by atoms with Crippen LogP contribution in [0.15, 0.2) is 48.5 Å². The van der Waals surface area contributed by atoms with Crippen LogP contribution in [0.3, 0.4) is 0 Å². The highest BCUT2D eigenvalue weighted by molar-refractivity contribution is 6.30. The van der Waals surface area contributed by atoms with Gasteiger partial charge in [0, 0.05) is 29.6 Å². The SMILES string of the molecule is CCC1CC2(c3cccc(O)c3)CCCC2CN1Cc1cccc(Cl)c1. The highest BCUT2D eigenvalue weighted by Crippen LogP contribution is 2.53. The lowest BCUT2D eigenvalue weighted by molar-refractivity contribution is 0.0463. The summed E-state index contributed by atoms with van der Waals surface area (Å²) in [5.41, 5.74) is 2.89. The predicted molar refractivity (Wildman–Crippen MR) is 108 cm³/mol. The standard InChI is InChI=1S/C23H28ClNO/c1-2-21-14-23(18-7-4-10-22(26)13-18)11-5-8-19(23)16-25(21)15-17-6-3-9-20(24)12-17/h3-4,6-7,9-10,12-13,19,21,26H,2,5,8,11,14-16H2,1H3. The first-order valence-electron chi connectivity index (χ1n) is 9.89. The van der Waals surface area contributed by atoms with Crippen molar-refractivity contribution < 1.29 is 5.11 Å². The minimum absolute atomic E-state index is 0.240. The average Bonchev–Trinajstić information content (AvgIpc) is 3.05. The number of likely N-dealkylation sites (tertiary alicyclic amines) is 1. The van der Waals surface area contributed by atoms with Gasteiger partial charge in [0.25, 0.3) is 0 Å². The van der Waals surface area contributed by atoms with Gasteiger partial charge in [-0.2, -0.15) is 0 Å². The Morgan fingerprint density at radius 3 is 2.81 bits per heavy atom. The van der Waals surface area contributed by atoms with Crippen LogP contribution in [0.4, 0.5) is 0 Å². The van der Waals surface area contributed by atoms with Gasteiger partial charge in [0.05, 0.1) is 0 Å². The quantitative estimate of drug-likeness (QED) is 0.739. The van der Waals surface area contributed by atoms with Crippen molar-refractivity contribution in [1.82, 2.24) is 4.90 Å². The van der Waals surface area contributed by atoms with E-state index in [0.29, 0.717) is 17.7 Å². The minimum Gasteiger partial charge on any atom is -0.508 e. The van der Waals surface area contributed by atoms with Gasteiger partial charge in [0.2, 0.25) is 0 Å². The van der Waals surface area contributed by atoms with Gasteiger partial charge in [-0.05, 0) is 67.0 Å². The number of rotatable bonds is 4. The predicted octanol–water partition coefficient (Wildman–Crippen LogP) is 5.77. The monoisotopic (exact) mass is 369 g/mol. The number of hydrogen-bond donors (Lipinski definition) is 1. The van der Waals surface area contributed by atoms with E-state index in [1.165, 1.54) is 36.8 Å². The van der Waals surface area contributed by atoms with Crippen LogP contribution in [0, 0.1) is 5.92 Å². The van der Waals surface area contributed by atoms with E-state index in [1.807, 2.05) is 18.2 Å². The van der Waals surface area contributed by atoms with Gasteiger partial charge >= 0.3 is 0 Å². The molecule has 2 nitrogen and oxygen atoms in total. The Balaban J connectivity index is 1.61. The molecule has 3 atom stereocenters. The van der Waals surface area contributed by atoms with E-state index in [1.54, 1.807) is 6.07 Å². The summed E-state index contributed by atoms with van der Waals surface area (Å²) in [4.78, 5) is 2.67. The average molecular weight is 370 g/mol. The van der Waals surface area contributed by atoms with E-state index in [-0.39, 0.29) is 5.41 Å². The first-order valence-corrected chi connectivity index (χ1v) is 10.3. The molecule has 2 aliphatic rings. The zero-order chi connectivity index (χ0) is 18.1. The van der Waals surface area contributed by atoms with Crippen LogP contribution in [0.2, 0.25) is 5.02 Å². The molecule has 1 aliphatic carbocycles. The van der Waals surface area contributed by atoms with E-state index in [4.69, 9.17) is 11.6 Å². The molecule has 3 heteroatoms. The highest BCUT2D eigenvalue weighted by Gasteiger charge is 2.49. The molecule has 0 spiro atoms. The lowest BCUT2D eigenvalue weighted by Crippen LogP contribution is -2.52. The highest BCUT2D eigenvalue weighted by atomic mass is 35.5. The largest absolute Gasteiger partial charge is 0.508 e. The van der Waals surface area contributed by atoms with E-state index >= 15 is 0 Å². The molecule has 2 aromatic carbocycles. The van der Waals surface area contributed by atoms with Crippen LogP contribution in [0.1, 0.15) is 50.2 Å². The van der Waals surface area contributed by atoms with Crippen molar-refractivity contribution in [1.29, 1.82) is 0 Å². The minimum atomic E-state index is 0.240. The Labute approximate surface area is 161 Å². The fourth-order valence-corrected chi connectivity index (χ4v) is 5.65. The number of hydrogen-bond acceptors (Lipinski definition) is 2. The third kappa shape index (κ3) is 3.25. The van der Waals surface area contributed by atoms with Crippen molar-refractivity contribution >= 4 is 11.6 Å². The van der Waals surface area contributed by atoms with Gasteiger partial charge < -0.3 is 5.11 Å². The normalized spacial score (nSPS) is 28.8. The van der Waals surface area contributed by atoms with Crippen molar-refractivity contribution in [3.63, 3.8) is 0 Å². The second kappa shape index (κ2) is 7.25. The first-order chi connectivity index (χ1) is 12.6. The number of phenolic OH excluding ortho intramolecular Hbond substituents is 1. The van der Waals surface area contributed by atoms with Crippen LogP contribution in [0.25, 0.3) is 0 Å². The molecule has 1 aliphatic heterocycles. The van der Waals surface area contributed by atoms with E-state index in [2.05, 4.69) is 36.1 Å². The Morgan fingerprint density at radius 2 is 2.04 bits per heavy atom. The number of aromatic hydroxyl groups is 1. The first kappa shape index (κ1) is 17.9. The smallest absolute Gasteiger partial charge is 0.115 e. The fourth-order valence-electron chi connectivity index (χ4n) is 5.44. The molecule has 0 radical (unpaired) electrons. The molecule has 138 valence electrons. The lowest BCUT2D eigenvalue weighted by atomic mass is 9.65. The fraction of sp³-hybridized carbons (Fsp3) is 0.478. The van der Waals surface area contributed by atoms with Crippen LogP contribution in [-0.4, -0.2) is 22.6 Å². The molecule has 2 aromatic rings. The van der Waals surface area contributed by atoms with Gasteiger partial charge in [-0.3, -0.25) is 4.90 Å². The third-order valence-corrected chi connectivity index (χ3v) is 6.93. The van der Waals surface area contributed by atoms with Crippen molar-refractivity contribution in [2.24, 2.45) is 5.92 Å². The topological polar surface area (TPSA) is 23.5 Å². The summed E-state index contributed by atoms with van der Waals surface area (Å²) in [5.74, 6) is 1.07. The van der Waals surface area contributed by atoms with Gasteiger partial charge in [-0.25, -0.2) is 0 Å². The summed E-state index contributed by atoms with van der Waals surface area (Å²) in [6, 6.07) is 16.9. The van der Waals surface area contributed by atoms with Gasteiger partial charge in [0.1, 0.15) is 5.75 Å². The Bertz CT molecular complexity index is 776. The summed E-state index contributed by atoms with van der Waals surface area (Å²) in [7, 11) is 0. The number of fused-ring (bicyclic) bond motifs is 1. The van der Waals surface area contributed by atoms with E-state index in [0.717, 1.165) is 24.5 Å². The summed E-state index contributed by atoms with van der Waals surface area (Å²) in [5, 5.41) is 10.9. The van der Waals surface area contributed by atoms with Crippen LogP contribution >= 0.6 is 11.6 Å². The molecule has 0 amide bonds. The summed E-state index contributed by atoms with van der Waals surface area (Å²) in [6.45, 7) is 4.42. The molecule has 1 saturated carbocycles. The molecule has 1 heterocycles. The van der Waals surface area contributed by atoms with E-state index in [9.17, 15) is 5.11 Å². The van der Waals surface area contributed by atoms with Gasteiger partial charge in [-0.1, -0.05) is 49.2 Å². The number of phenols is 1. The van der Waals surface area contributed by atoms with Crippen molar-refractivity contribution in [2.75, 3.05) is 6.54 Å². The molecule has 0 bridgehead atoms. The number of benzene rings is 2. The van der Waals surface area contributed by atoms with Gasteiger partial charge in [-0.15, -0.1) is 0 Å². The number of piperidine rings is 1. The maximum absolute atomic E-state index is 10.0. The van der Waals surface area contributed by atoms with Crippen molar-refractivity contribution in [3.05, 3.63) is 64.7 Å². The van der Waals surface area contributed by atoms with Crippen molar-refractivity contribution in [3.8, 4) is 5.75 Å². The number of halogens is 1.